The zero-order chi connectivity index (χ0) is 14.4. The van der Waals surface area contributed by atoms with Gasteiger partial charge < -0.3 is 15.0 Å². The van der Waals surface area contributed by atoms with E-state index in [0.29, 0.717) is 26.3 Å². The highest BCUT2D eigenvalue weighted by Gasteiger charge is 2.21. The number of benzene rings is 1. The molecule has 20 heavy (non-hydrogen) atoms. The molecular weight excluding hydrogens is 252 g/mol. The molecule has 1 aliphatic rings. The van der Waals surface area contributed by atoms with Crippen LogP contribution in [0.3, 0.4) is 0 Å². The molecule has 0 aromatic heterocycles. The molecule has 1 aromatic rings. The van der Waals surface area contributed by atoms with E-state index in [1.807, 2.05) is 11.8 Å². The zero-order valence-electron chi connectivity index (χ0n) is 12.4. The third-order valence-electron chi connectivity index (χ3n) is 3.80. The highest BCUT2D eigenvalue weighted by Crippen LogP contribution is 2.07. The molecule has 4 heteroatoms. The van der Waals surface area contributed by atoms with E-state index in [1.54, 1.807) is 0 Å². The van der Waals surface area contributed by atoms with Crippen molar-refractivity contribution in [2.75, 3.05) is 32.8 Å². The molecule has 1 amide bonds. The summed E-state index contributed by atoms with van der Waals surface area (Å²) in [5, 5.41) is 3.32. The second kappa shape index (κ2) is 7.41. The van der Waals surface area contributed by atoms with Crippen molar-refractivity contribution in [3.05, 3.63) is 35.4 Å². The molecule has 0 aliphatic carbocycles. The summed E-state index contributed by atoms with van der Waals surface area (Å²) in [6.07, 6.45) is 0.952. The lowest BCUT2D eigenvalue weighted by molar-refractivity contribution is -0.137. The quantitative estimate of drug-likeness (QED) is 0.883. The van der Waals surface area contributed by atoms with Gasteiger partial charge in [0.25, 0.3) is 0 Å². The van der Waals surface area contributed by atoms with Gasteiger partial charge in [-0.25, -0.2) is 0 Å². The maximum atomic E-state index is 12.2. The monoisotopic (exact) mass is 276 g/mol. The first kappa shape index (κ1) is 15.0. The predicted octanol–water partition coefficient (Wildman–Crippen LogP) is 1.37. The second-order valence-electron chi connectivity index (χ2n) is 5.29. The average molecular weight is 276 g/mol. The lowest BCUT2D eigenvalue weighted by Gasteiger charge is -2.29. The van der Waals surface area contributed by atoms with E-state index in [4.69, 9.17) is 4.74 Å². The van der Waals surface area contributed by atoms with Crippen LogP contribution in [-0.4, -0.2) is 49.7 Å². The number of nitrogens with one attached hydrogen (secondary N) is 1. The molecule has 0 bridgehead atoms. The molecule has 1 saturated heterocycles. The maximum Gasteiger partial charge on any atom is 0.239 e. The van der Waals surface area contributed by atoms with Crippen LogP contribution in [0.5, 0.6) is 0 Å². The zero-order valence-corrected chi connectivity index (χ0v) is 12.4. The third-order valence-corrected chi connectivity index (χ3v) is 3.80. The van der Waals surface area contributed by atoms with Crippen LogP contribution in [-0.2, 0) is 16.0 Å². The molecular formula is C16H24N2O2. The van der Waals surface area contributed by atoms with Crippen molar-refractivity contribution >= 4 is 5.91 Å². The van der Waals surface area contributed by atoms with Crippen LogP contribution in [0.15, 0.2) is 24.3 Å². The molecule has 2 rings (SSSR count). The van der Waals surface area contributed by atoms with Gasteiger partial charge in [-0.2, -0.15) is 0 Å². The molecule has 1 heterocycles. The molecule has 1 N–H and O–H groups in total. The minimum Gasteiger partial charge on any atom is -0.378 e. The van der Waals surface area contributed by atoms with Crippen molar-refractivity contribution in [2.45, 2.75) is 26.3 Å². The SMILES string of the molecule is Cc1ccccc1CCNC(C)C(=O)N1CCOCC1. The molecule has 0 spiro atoms. The summed E-state index contributed by atoms with van der Waals surface area (Å²) in [5.41, 5.74) is 2.65. The number of carbonyl (C=O) groups is 1. The lowest BCUT2D eigenvalue weighted by atomic mass is 10.1. The Hall–Kier alpha value is -1.39. The van der Waals surface area contributed by atoms with Crippen molar-refractivity contribution in [3.63, 3.8) is 0 Å². The molecule has 1 aliphatic heterocycles. The average Bonchev–Trinajstić information content (AvgIpc) is 2.49. The fraction of sp³-hybridized carbons (Fsp3) is 0.562. The summed E-state index contributed by atoms with van der Waals surface area (Å²) >= 11 is 0. The minimum atomic E-state index is -0.128. The van der Waals surface area contributed by atoms with Gasteiger partial charge in [0.05, 0.1) is 19.3 Å². The van der Waals surface area contributed by atoms with Crippen molar-refractivity contribution in [2.24, 2.45) is 0 Å². The van der Waals surface area contributed by atoms with E-state index >= 15 is 0 Å². The van der Waals surface area contributed by atoms with Crippen LogP contribution >= 0.6 is 0 Å². The Bertz CT molecular complexity index is 442. The van der Waals surface area contributed by atoms with Crippen molar-refractivity contribution in [1.29, 1.82) is 0 Å². The highest BCUT2D eigenvalue weighted by atomic mass is 16.5. The van der Waals surface area contributed by atoms with Gasteiger partial charge in [0.1, 0.15) is 0 Å². The molecule has 1 aromatic carbocycles. The lowest BCUT2D eigenvalue weighted by Crippen LogP contribution is -2.49. The van der Waals surface area contributed by atoms with E-state index in [-0.39, 0.29) is 11.9 Å². The van der Waals surface area contributed by atoms with E-state index < -0.39 is 0 Å². The number of amides is 1. The molecule has 110 valence electrons. The molecule has 1 fully saturated rings. The van der Waals surface area contributed by atoms with Gasteiger partial charge in [0.15, 0.2) is 0 Å². The van der Waals surface area contributed by atoms with Gasteiger partial charge in [-0.3, -0.25) is 4.79 Å². The van der Waals surface area contributed by atoms with Crippen molar-refractivity contribution in [3.8, 4) is 0 Å². The maximum absolute atomic E-state index is 12.2. The van der Waals surface area contributed by atoms with Gasteiger partial charge in [0.2, 0.25) is 5.91 Å². The van der Waals surface area contributed by atoms with Gasteiger partial charge >= 0.3 is 0 Å². The van der Waals surface area contributed by atoms with Crippen molar-refractivity contribution in [1.82, 2.24) is 10.2 Å². The van der Waals surface area contributed by atoms with E-state index in [1.165, 1.54) is 11.1 Å². The fourth-order valence-electron chi connectivity index (χ4n) is 2.46. The largest absolute Gasteiger partial charge is 0.378 e. The summed E-state index contributed by atoms with van der Waals surface area (Å²) in [6.45, 7) is 7.62. The third kappa shape index (κ3) is 4.05. The molecule has 1 unspecified atom stereocenters. The normalized spacial score (nSPS) is 17.0. The summed E-state index contributed by atoms with van der Waals surface area (Å²) in [7, 11) is 0. The Morgan fingerprint density at radius 2 is 2.05 bits per heavy atom. The Morgan fingerprint density at radius 3 is 2.75 bits per heavy atom. The predicted molar refractivity (Wildman–Crippen MR) is 79.7 cm³/mol. The van der Waals surface area contributed by atoms with Gasteiger partial charge in [-0.1, -0.05) is 24.3 Å². The number of ether oxygens (including phenoxy) is 1. The highest BCUT2D eigenvalue weighted by molar-refractivity contribution is 5.81. The standard InChI is InChI=1S/C16H24N2O2/c1-13-5-3-4-6-15(13)7-8-17-14(2)16(19)18-9-11-20-12-10-18/h3-6,14,17H,7-12H2,1-2H3. The first-order valence-corrected chi connectivity index (χ1v) is 7.33. The van der Waals surface area contributed by atoms with Gasteiger partial charge in [-0.15, -0.1) is 0 Å². The fourth-order valence-corrected chi connectivity index (χ4v) is 2.46. The molecule has 0 radical (unpaired) electrons. The Labute approximate surface area is 121 Å². The summed E-state index contributed by atoms with van der Waals surface area (Å²) in [5.74, 6) is 0.179. The van der Waals surface area contributed by atoms with Crippen LogP contribution < -0.4 is 5.32 Å². The molecule has 1 atom stereocenters. The van der Waals surface area contributed by atoms with Crippen LogP contribution in [0, 0.1) is 6.92 Å². The number of carbonyl (C=O) groups excluding carboxylic acids is 1. The van der Waals surface area contributed by atoms with Gasteiger partial charge in [-0.05, 0) is 37.9 Å². The number of aryl methyl sites for hydroxylation is 1. The van der Waals surface area contributed by atoms with Crippen LogP contribution in [0.25, 0.3) is 0 Å². The molecule has 4 nitrogen and oxygen atoms in total. The summed E-state index contributed by atoms with van der Waals surface area (Å²) in [6, 6.07) is 8.25. The molecule has 0 saturated carbocycles. The van der Waals surface area contributed by atoms with Crippen LogP contribution in [0.2, 0.25) is 0 Å². The number of nitrogens with zero attached hydrogens (tertiary/aromatic N) is 1. The van der Waals surface area contributed by atoms with Crippen LogP contribution in [0.4, 0.5) is 0 Å². The number of rotatable bonds is 5. The van der Waals surface area contributed by atoms with E-state index in [0.717, 1.165) is 13.0 Å². The van der Waals surface area contributed by atoms with Crippen molar-refractivity contribution < 1.29 is 9.53 Å². The van der Waals surface area contributed by atoms with Crippen LogP contribution in [0.1, 0.15) is 18.1 Å². The first-order chi connectivity index (χ1) is 9.68. The number of hydrogen-bond donors (Lipinski definition) is 1. The Balaban J connectivity index is 1.75. The first-order valence-electron chi connectivity index (χ1n) is 7.33. The smallest absolute Gasteiger partial charge is 0.239 e. The minimum absolute atomic E-state index is 0.128. The second-order valence-corrected chi connectivity index (χ2v) is 5.29. The van der Waals surface area contributed by atoms with Gasteiger partial charge in [0, 0.05) is 13.1 Å². The van der Waals surface area contributed by atoms with E-state index in [2.05, 4.69) is 36.5 Å². The number of hydrogen-bond acceptors (Lipinski definition) is 3. The Morgan fingerprint density at radius 1 is 1.35 bits per heavy atom. The summed E-state index contributed by atoms with van der Waals surface area (Å²) < 4.78 is 5.27. The Kier molecular flexibility index (Phi) is 5.56. The number of morpholine rings is 1. The summed E-state index contributed by atoms with van der Waals surface area (Å²) in [4.78, 5) is 14.1. The van der Waals surface area contributed by atoms with E-state index in [9.17, 15) is 4.79 Å². The topological polar surface area (TPSA) is 41.6 Å².